The average Bonchev–Trinajstić information content (AvgIpc) is 2.73. The monoisotopic (exact) mass is 414 g/mol. The summed E-state index contributed by atoms with van der Waals surface area (Å²) in [5.74, 6) is 0.174. The molecule has 4 aromatic rings. The van der Waals surface area contributed by atoms with E-state index in [1.54, 1.807) is 0 Å². The van der Waals surface area contributed by atoms with Gasteiger partial charge in [0.15, 0.2) is 5.78 Å². The highest BCUT2D eigenvalue weighted by atomic mass is 79.9. The number of hydrogen-bond donors (Lipinski definition) is 0. The number of halogens is 1. The third-order valence-electron chi connectivity index (χ3n) is 4.96. The van der Waals surface area contributed by atoms with Gasteiger partial charge in [0, 0.05) is 22.4 Å². The molecule has 27 heavy (non-hydrogen) atoms. The fourth-order valence-corrected chi connectivity index (χ4v) is 3.85. The summed E-state index contributed by atoms with van der Waals surface area (Å²) < 4.78 is 1.04. The fraction of sp³-hybridized carbons (Fsp3) is 0.0800. The topological polar surface area (TPSA) is 17.1 Å². The molecule has 4 aromatic carbocycles. The molecule has 1 unspecified atom stereocenters. The van der Waals surface area contributed by atoms with E-state index >= 15 is 0 Å². The molecule has 0 saturated heterocycles. The van der Waals surface area contributed by atoms with E-state index < -0.39 is 0 Å². The zero-order chi connectivity index (χ0) is 18.6. The first-order valence-electron chi connectivity index (χ1n) is 9.04. The van der Waals surface area contributed by atoms with E-state index in [4.69, 9.17) is 0 Å². The van der Waals surface area contributed by atoms with Crippen LogP contribution in [0.4, 0.5) is 0 Å². The highest BCUT2D eigenvalue weighted by Crippen LogP contribution is 2.34. The van der Waals surface area contributed by atoms with E-state index in [0.717, 1.165) is 15.6 Å². The van der Waals surface area contributed by atoms with Gasteiger partial charge in [-0.1, -0.05) is 101 Å². The molecule has 2 heteroatoms. The van der Waals surface area contributed by atoms with Crippen molar-refractivity contribution in [3.05, 3.63) is 118 Å². The largest absolute Gasteiger partial charge is 0.294 e. The lowest BCUT2D eigenvalue weighted by Gasteiger charge is -2.20. The van der Waals surface area contributed by atoms with E-state index in [9.17, 15) is 4.79 Å². The van der Waals surface area contributed by atoms with E-state index in [0.29, 0.717) is 6.42 Å². The zero-order valence-corrected chi connectivity index (χ0v) is 16.4. The first kappa shape index (κ1) is 17.7. The van der Waals surface area contributed by atoms with Crippen LogP contribution in [-0.4, -0.2) is 5.78 Å². The third kappa shape index (κ3) is 3.86. The minimum absolute atomic E-state index is 0.0110. The van der Waals surface area contributed by atoms with Crippen LogP contribution in [0.1, 0.15) is 33.8 Å². The lowest BCUT2D eigenvalue weighted by atomic mass is 9.83. The summed E-state index contributed by atoms with van der Waals surface area (Å²) in [5.41, 5.74) is 3.11. The fourth-order valence-electron chi connectivity index (χ4n) is 3.58. The van der Waals surface area contributed by atoms with Gasteiger partial charge in [-0.2, -0.15) is 0 Å². The van der Waals surface area contributed by atoms with Crippen molar-refractivity contribution >= 4 is 32.5 Å². The number of rotatable bonds is 5. The highest BCUT2D eigenvalue weighted by molar-refractivity contribution is 9.10. The van der Waals surface area contributed by atoms with Gasteiger partial charge in [-0.25, -0.2) is 0 Å². The zero-order valence-electron chi connectivity index (χ0n) is 14.8. The Kier molecular flexibility index (Phi) is 5.17. The van der Waals surface area contributed by atoms with Gasteiger partial charge in [-0.05, 0) is 34.0 Å². The van der Waals surface area contributed by atoms with Crippen molar-refractivity contribution in [2.45, 2.75) is 12.3 Å². The Hall–Kier alpha value is -2.71. The molecule has 0 aromatic heterocycles. The predicted molar refractivity (Wildman–Crippen MR) is 115 cm³/mol. The molecule has 0 N–H and O–H groups in total. The Balaban J connectivity index is 1.80. The molecule has 1 atom stereocenters. The molecule has 0 aliphatic heterocycles. The van der Waals surface area contributed by atoms with Crippen molar-refractivity contribution < 1.29 is 4.79 Å². The number of carbonyl (C=O) groups is 1. The summed E-state index contributed by atoms with van der Waals surface area (Å²) in [5, 5.41) is 2.40. The number of carbonyl (C=O) groups excluding carboxylic acids is 1. The lowest BCUT2D eigenvalue weighted by molar-refractivity contribution is 0.0978. The smallest absolute Gasteiger partial charge is 0.163 e. The van der Waals surface area contributed by atoms with E-state index in [1.807, 2.05) is 42.5 Å². The van der Waals surface area contributed by atoms with E-state index in [-0.39, 0.29) is 11.7 Å². The van der Waals surface area contributed by atoms with Crippen LogP contribution in [0.2, 0.25) is 0 Å². The van der Waals surface area contributed by atoms with Gasteiger partial charge < -0.3 is 0 Å². The van der Waals surface area contributed by atoms with Gasteiger partial charge in [0.2, 0.25) is 0 Å². The summed E-state index contributed by atoms with van der Waals surface area (Å²) in [7, 11) is 0. The van der Waals surface area contributed by atoms with Crippen LogP contribution in [0.3, 0.4) is 0 Å². The Labute approximate surface area is 167 Å². The summed E-state index contributed by atoms with van der Waals surface area (Å²) in [4.78, 5) is 13.0. The van der Waals surface area contributed by atoms with Crippen molar-refractivity contribution in [1.82, 2.24) is 0 Å². The van der Waals surface area contributed by atoms with E-state index in [2.05, 4.69) is 70.5 Å². The quantitative estimate of drug-likeness (QED) is 0.321. The van der Waals surface area contributed by atoms with Gasteiger partial charge in [-0.3, -0.25) is 4.79 Å². The van der Waals surface area contributed by atoms with Gasteiger partial charge in [0.1, 0.15) is 0 Å². The molecule has 0 aliphatic rings. The molecule has 4 rings (SSSR count). The van der Waals surface area contributed by atoms with Crippen molar-refractivity contribution in [3.63, 3.8) is 0 Å². The van der Waals surface area contributed by atoms with Gasteiger partial charge in [-0.15, -0.1) is 0 Å². The Morgan fingerprint density at radius 3 is 2.19 bits per heavy atom. The normalized spacial score (nSPS) is 12.0. The second-order valence-electron chi connectivity index (χ2n) is 6.67. The Morgan fingerprint density at radius 2 is 1.41 bits per heavy atom. The minimum atomic E-state index is 0.0110. The van der Waals surface area contributed by atoms with Gasteiger partial charge >= 0.3 is 0 Å². The number of fused-ring (bicyclic) bond motifs is 1. The van der Waals surface area contributed by atoms with Gasteiger partial charge in [0.25, 0.3) is 0 Å². The summed E-state index contributed by atoms with van der Waals surface area (Å²) in [6, 6.07) is 32.6. The average molecular weight is 415 g/mol. The van der Waals surface area contributed by atoms with Crippen LogP contribution in [0.25, 0.3) is 10.8 Å². The summed E-state index contributed by atoms with van der Waals surface area (Å²) >= 11 is 3.51. The Bertz CT molecular complexity index is 1060. The molecule has 0 bridgehead atoms. The second kappa shape index (κ2) is 7.89. The number of benzene rings is 4. The maximum Gasteiger partial charge on any atom is 0.163 e. The molecule has 0 spiro atoms. The van der Waals surface area contributed by atoms with Crippen LogP contribution in [0.5, 0.6) is 0 Å². The third-order valence-corrected chi connectivity index (χ3v) is 5.49. The molecule has 1 nitrogen and oxygen atoms in total. The van der Waals surface area contributed by atoms with Crippen LogP contribution >= 0.6 is 15.9 Å². The van der Waals surface area contributed by atoms with Crippen molar-refractivity contribution in [2.24, 2.45) is 0 Å². The molecule has 132 valence electrons. The number of Topliss-reactive ketones (excluding diaryl/α,β-unsaturated/α-hetero) is 1. The van der Waals surface area contributed by atoms with Crippen molar-refractivity contribution in [2.75, 3.05) is 0 Å². The number of ketones is 1. The van der Waals surface area contributed by atoms with Crippen LogP contribution < -0.4 is 0 Å². The molecular weight excluding hydrogens is 396 g/mol. The standard InChI is InChI=1S/C25H19BrO/c26-21-15-13-19(14-16-21)24(17-25(27)20-8-2-1-3-9-20)23-12-6-10-18-7-4-5-11-22(18)23/h1-16,24H,17H2. The van der Waals surface area contributed by atoms with E-state index in [1.165, 1.54) is 16.3 Å². The minimum Gasteiger partial charge on any atom is -0.294 e. The molecule has 0 amide bonds. The second-order valence-corrected chi connectivity index (χ2v) is 7.58. The molecule has 0 saturated carbocycles. The number of hydrogen-bond acceptors (Lipinski definition) is 1. The first-order chi connectivity index (χ1) is 13.2. The first-order valence-corrected chi connectivity index (χ1v) is 9.83. The van der Waals surface area contributed by atoms with Crippen molar-refractivity contribution in [3.8, 4) is 0 Å². The van der Waals surface area contributed by atoms with Gasteiger partial charge in [0.05, 0.1) is 0 Å². The maximum absolute atomic E-state index is 13.0. The molecular formula is C25H19BrO. The highest BCUT2D eigenvalue weighted by Gasteiger charge is 2.21. The van der Waals surface area contributed by atoms with Crippen molar-refractivity contribution in [1.29, 1.82) is 0 Å². The molecule has 0 fully saturated rings. The SMILES string of the molecule is O=C(CC(c1ccc(Br)cc1)c1cccc2ccccc12)c1ccccc1. The van der Waals surface area contributed by atoms with Crippen LogP contribution in [0.15, 0.2) is 102 Å². The van der Waals surface area contributed by atoms with Crippen LogP contribution in [-0.2, 0) is 0 Å². The Morgan fingerprint density at radius 1 is 0.741 bits per heavy atom. The summed E-state index contributed by atoms with van der Waals surface area (Å²) in [6.45, 7) is 0. The molecule has 0 aliphatic carbocycles. The van der Waals surface area contributed by atoms with Crippen LogP contribution in [0, 0.1) is 0 Å². The summed E-state index contributed by atoms with van der Waals surface area (Å²) in [6.07, 6.45) is 0.444. The maximum atomic E-state index is 13.0. The predicted octanol–water partition coefficient (Wildman–Crippen LogP) is 7.01. The lowest BCUT2D eigenvalue weighted by Crippen LogP contribution is -2.09. The molecule has 0 radical (unpaired) electrons. The molecule has 0 heterocycles.